The van der Waals surface area contributed by atoms with Gasteiger partial charge in [-0.2, -0.15) is 0 Å². The van der Waals surface area contributed by atoms with Gasteiger partial charge in [-0.3, -0.25) is 9.78 Å². The molecule has 0 aromatic carbocycles. The van der Waals surface area contributed by atoms with Crippen LogP contribution in [0.25, 0.3) is 0 Å². The molecule has 1 aromatic rings. The van der Waals surface area contributed by atoms with E-state index in [2.05, 4.69) is 10.3 Å². The Labute approximate surface area is 126 Å². The summed E-state index contributed by atoms with van der Waals surface area (Å²) in [6, 6.07) is 0.624. The Morgan fingerprint density at radius 2 is 1.95 bits per heavy atom. The Kier molecular flexibility index (Phi) is 4.36. The van der Waals surface area contributed by atoms with Crippen LogP contribution in [0.2, 0.25) is 0 Å². The molecule has 3 rings (SSSR count). The van der Waals surface area contributed by atoms with Crippen LogP contribution < -0.4 is 5.32 Å². The van der Waals surface area contributed by atoms with Crippen molar-refractivity contribution in [1.82, 2.24) is 14.9 Å². The second-order valence-electron chi connectivity index (χ2n) is 6.18. The van der Waals surface area contributed by atoms with E-state index in [4.69, 9.17) is 4.98 Å². The van der Waals surface area contributed by atoms with E-state index in [1.54, 1.807) is 13.1 Å². The molecule has 2 aliphatic rings. The first-order chi connectivity index (χ1) is 10.2. The van der Waals surface area contributed by atoms with Gasteiger partial charge in [0, 0.05) is 19.5 Å². The van der Waals surface area contributed by atoms with Crippen LogP contribution in [-0.2, 0) is 4.79 Å². The number of amides is 1. The lowest BCUT2D eigenvalue weighted by atomic mass is 9.99. The second kappa shape index (κ2) is 6.41. The fourth-order valence-corrected chi connectivity index (χ4v) is 3.51. The molecular weight excluding hydrogens is 264 g/mol. The first-order valence-corrected chi connectivity index (χ1v) is 8.10. The minimum absolute atomic E-state index is 0.0917. The Hall–Kier alpha value is -1.65. The van der Waals surface area contributed by atoms with Gasteiger partial charge in [0.05, 0.1) is 24.1 Å². The van der Waals surface area contributed by atoms with Crippen LogP contribution in [0.5, 0.6) is 0 Å². The molecule has 21 heavy (non-hydrogen) atoms. The number of hydrogen-bond donors (Lipinski definition) is 1. The molecule has 5 heteroatoms. The highest BCUT2D eigenvalue weighted by atomic mass is 16.2. The average molecular weight is 288 g/mol. The highest BCUT2D eigenvalue weighted by molar-refractivity contribution is 5.73. The molecule has 0 spiro atoms. The molecule has 1 N–H and O–H groups in total. The third-order valence-corrected chi connectivity index (χ3v) is 4.61. The molecule has 114 valence electrons. The monoisotopic (exact) mass is 288 g/mol. The third kappa shape index (κ3) is 3.34. The SMILES string of the molecule is CC(=O)N1CCCCC1c1cncc(NC2CCCC2)n1. The maximum atomic E-state index is 11.8. The van der Waals surface area contributed by atoms with Crippen molar-refractivity contribution in [2.24, 2.45) is 0 Å². The molecule has 1 saturated heterocycles. The number of carbonyl (C=O) groups is 1. The van der Waals surface area contributed by atoms with Gasteiger partial charge in [-0.15, -0.1) is 0 Å². The number of nitrogens with zero attached hydrogens (tertiary/aromatic N) is 3. The van der Waals surface area contributed by atoms with Crippen molar-refractivity contribution in [3.05, 3.63) is 18.1 Å². The molecule has 1 aliphatic heterocycles. The van der Waals surface area contributed by atoms with Gasteiger partial charge in [0.25, 0.3) is 0 Å². The summed E-state index contributed by atoms with van der Waals surface area (Å²) >= 11 is 0. The van der Waals surface area contributed by atoms with Gasteiger partial charge in [0.1, 0.15) is 5.82 Å². The van der Waals surface area contributed by atoms with E-state index in [9.17, 15) is 4.79 Å². The fraction of sp³-hybridized carbons (Fsp3) is 0.688. The molecular formula is C16H24N4O. The van der Waals surface area contributed by atoms with Crippen LogP contribution in [-0.4, -0.2) is 33.4 Å². The van der Waals surface area contributed by atoms with E-state index in [0.29, 0.717) is 6.04 Å². The van der Waals surface area contributed by atoms with Gasteiger partial charge in [-0.05, 0) is 32.1 Å². The summed E-state index contributed by atoms with van der Waals surface area (Å²) in [6.07, 6.45) is 11.9. The Morgan fingerprint density at radius 3 is 2.71 bits per heavy atom. The molecule has 1 aliphatic carbocycles. The molecule has 1 unspecified atom stereocenters. The molecule has 2 fully saturated rings. The lowest BCUT2D eigenvalue weighted by Crippen LogP contribution is -2.37. The number of anilines is 1. The van der Waals surface area contributed by atoms with Gasteiger partial charge in [0.15, 0.2) is 0 Å². The van der Waals surface area contributed by atoms with Crippen LogP contribution >= 0.6 is 0 Å². The lowest BCUT2D eigenvalue weighted by Gasteiger charge is -2.34. The maximum absolute atomic E-state index is 11.8. The number of carbonyl (C=O) groups excluding carboxylic acids is 1. The summed E-state index contributed by atoms with van der Waals surface area (Å²) in [5, 5.41) is 3.49. The number of nitrogens with one attached hydrogen (secondary N) is 1. The van der Waals surface area contributed by atoms with Crippen LogP contribution in [0.4, 0.5) is 5.82 Å². The summed E-state index contributed by atoms with van der Waals surface area (Å²) in [6.45, 7) is 2.48. The van der Waals surface area contributed by atoms with Gasteiger partial charge in [-0.1, -0.05) is 12.8 Å². The standard InChI is InChI=1S/C16H24N4O/c1-12(21)20-9-5-4-8-15(20)14-10-17-11-16(19-14)18-13-6-2-3-7-13/h10-11,13,15H,2-9H2,1H3,(H,18,19). The van der Waals surface area contributed by atoms with E-state index in [0.717, 1.165) is 37.3 Å². The summed E-state index contributed by atoms with van der Waals surface area (Å²) in [4.78, 5) is 22.8. The van der Waals surface area contributed by atoms with E-state index >= 15 is 0 Å². The van der Waals surface area contributed by atoms with Crippen molar-refractivity contribution in [1.29, 1.82) is 0 Å². The normalized spacial score (nSPS) is 23.3. The van der Waals surface area contributed by atoms with Crippen molar-refractivity contribution in [3.8, 4) is 0 Å². The maximum Gasteiger partial charge on any atom is 0.220 e. The molecule has 1 amide bonds. The Bertz CT molecular complexity index is 499. The number of rotatable bonds is 3. The van der Waals surface area contributed by atoms with Gasteiger partial charge in [0.2, 0.25) is 5.91 Å². The number of piperidine rings is 1. The quantitative estimate of drug-likeness (QED) is 0.929. The lowest BCUT2D eigenvalue weighted by molar-refractivity contribution is -0.132. The molecule has 0 radical (unpaired) electrons. The smallest absolute Gasteiger partial charge is 0.220 e. The zero-order valence-corrected chi connectivity index (χ0v) is 12.7. The number of likely N-dealkylation sites (tertiary alicyclic amines) is 1. The predicted octanol–water partition coefficient (Wildman–Crippen LogP) is 2.90. The first kappa shape index (κ1) is 14.3. The van der Waals surface area contributed by atoms with Crippen molar-refractivity contribution >= 4 is 11.7 Å². The zero-order chi connectivity index (χ0) is 14.7. The molecule has 1 saturated carbocycles. The summed E-state index contributed by atoms with van der Waals surface area (Å²) in [5.74, 6) is 0.990. The van der Waals surface area contributed by atoms with E-state index in [1.807, 2.05) is 11.1 Å². The summed E-state index contributed by atoms with van der Waals surface area (Å²) in [5.41, 5.74) is 0.924. The molecule has 2 heterocycles. The molecule has 0 bridgehead atoms. The average Bonchev–Trinajstić information content (AvgIpc) is 3.00. The first-order valence-electron chi connectivity index (χ1n) is 8.10. The molecule has 5 nitrogen and oxygen atoms in total. The van der Waals surface area contributed by atoms with Crippen molar-refractivity contribution in [3.63, 3.8) is 0 Å². The predicted molar refractivity (Wildman–Crippen MR) is 81.9 cm³/mol. The minimum Gasteiger partial charge on any atom is -0.366 e. The van der Waals surface area contributed by atoms with Gasteiger partial charge in [-0.25, -0.2) is 4.98 Å². The van der Waals surface area contributed by atoms with Crippen molar-refractivity contribution in [2.75, 3.05) is 11.9 Å². The van der Waals surface area contributed by atoms with E-state index in [-0.39, 0.29) is 11.9 Å². The van der Waals surface area contributed by atoms with Crippen LogP contribution in [0.15, 0.2) is 12.4 Å². The van der Waals surface area contributed by atoms with Gasteiger partial charge >= 0.3 is 0 Å². The highest BCUT2D eigenvalue weighted by Gasteiger charge is 2.27. The number of hydrogen-bond acceptors (Lipinski definition) is 4. The van der Waals surface area contributed by atoms with Crippen LogP contribution in [0.1, 0.15) is 63.6 Å². The number of aromatic nitrogens is 2. The largest absolute Gasteiger partial charge is 0.366 e. The molecule has 1 aromatic heterocycles. The van der Waals surface area contributed by atoms with Gasteiger partial charge < -0.3 is 10.2 Å². The second-order valence-corrected chi connectivity index (χ2v) is 6.18. The van der Waals surface area contributed by atoms with E-state index < -0.39 is 0 Å². The Balaban J connectivity index is 1.75. The third-order valence-electron chi connectivity index (χ3n) is 4.61. The molecule has 1 atom stereocenters. The summed E-state index contributed by atoms with van der Waals surface area (Å²) < 4.78 is 0. The zero-order valence-electron chi connectivity index (χ0n) is 12.7. The fourth-order valence-electron chi connectivity index (χ4n) is 3.51. The summed E-state index contributed by atoms with van der Waals surface area (Å²) in [7, 11) is 0. The Morgan fingerprint density at radius 1 is 1.19 bits per heavy atom. The van der Waals surface area contributed by atoms with E-state index in [1.165, 1.54) is 25.7 Å². The van der Waals surface area contributed by atoms with Crippen LogP contribution in [0.3, 0.4) is 0 Å². The topological polar surface area (TPSA) is 58.1 Å². The van der Waals surface area contributed by atoms with Crippen LogP contribution in [0, 0.1) is 0 Å². The van der Waals surface area contributed by atoms with Crippen molar-refractivity contribution < 1.29 is 4.79 Å². The highest BCUT2D eigenvalue weighted by Crippen LogP contribution is 2.30. The van der Waals surface area contributed by atoms with Crippen molar-refractivity contribution in [2.45, 2.75) is 64.0 Å². The minimum atomic E-state index is 0.0917.